The van der Waals surface area contributed by atoms with Gasteiger partial charge in [-0.05, 0) is 97.1 Å². The van der Waals surface area contributed by atoms with E-state index in [1.807, 2.05) is 63.2 Å². The zero-order chi connectivity index (χ0) is 45.0. The van der Waals surface area contributed by atoms with Crippen molar-refractivity contribution in [1.29, 1.82) is 0 Å². The Kier molecular flexibility index (Phi) is 8.00. The average molecular weight is 902 g/mol. The zero-order valence-electron chi connectivity index (χ0n) is 40.1. The number of rotatable bonds is 5. The van der Waals surface area contributed by atoms with E-state index in [9.17, 15) is 0 Å². The molecule has 0 aliphatic carbocycles. The molecule has 3 aromatic heterocycles. The van der Waals surface area contributed by atoms with Crippen LogP contribution in [0, 0.1) is 38.1 Å². The summed E-state index contributed by atoms with van der Waals surface area (Å²) in [6.07, 6.45) is 3.21. The molecule has 8 rings (SSSR count). The molecule has 0 N–H and O–H groups in total. The largest absolute Gasteiger partial charge is 0.501 e. The van der Waals surface area contributed by atoms with Gasteiger partial charge in [0, 0.05) is 61.5 Å². The summed E-state index contributed by atoms with van der Waals surface area (Å²) in [5.74, 6) is 0.905. The summed E-state index contributed by atoms with van der Waals surface area (Å²) in [5.41, 5.74) is 5.34. The number of pyridine rings is 2. The van der Waals surface area contributed by atoms with Crippen molar-refractivity contribution in [1.82, 2.24) is 9.97 Å². The summed E-state index contributed by atoms with van der Waals surface area (Å²) >= 11 is 1.72. The average Bonchev–Trinajstić information content (AvgIpc) is 3.75. The molecule has 4 nitrogen and oxygen atoms in total. The van der Waals surface area contributed by atoms with Crippen molar-refractivity contribution in [2.24, 2.45) is 10.4 Å². The maximum absolute atomic E-state index is 8.98. The molecular formula is C47H45IrN3OS-2. The molecule has 0 unspecified atom stereocenters. The summed E-state index contributed by atoms with van der Waals surface area (Å²) in [5, 5.41) is 2.72. The number of thioether (sulfide) groups is 1. The van der Waals surface area contributed by atoms with Gasteiger partial charge in [0.15, 0.2) is 0 Å². The number of benzene rings is 4. The van der Waals surface area contributed by atoms with Gasteiger partial charge >= 0.3 is 0 Å². The van der Waals surface area contributed by atoms with Gasteiger partial charge in [-0.3, -0.25) is 4.99 Å². The Morgan fingerprint density at radius 1 is 0.849 bits per heavy atom. The molecule has 0 bridgehead atoms. The molecular weight excluding hydrogens is 847 g/mol. The van der Waals surface area contributed by atoms with Crippen LogP contribution < -0.4 is 0 Å². The smallest absolute Gasteiger partial charge is 0.121 e. The van der Waals surface area contributed by atoms with Crippen LogP contribution in [0.5, 0.6) is 0 Å². The standard InChI is InChI=1S/C35H35N2OS.C12H10N.Ir/c1-21-15-23(18-34(3,4)5)11-13-25(21)29-17-30(36-19-22(29)2)28-10-8-9-27-26-14-12-24(16-31(26)38-32(27)28)33-37-35(6,7)20-39-33;1-10-7-8-12(13-9-10)11-5-3-2-4-6-11;/h8-9,11-17,19H,18,20H2,1-7H3;2-5,7-9H,1H3;/q2*-1;/i1D3,2D3,13D;1D3;. The third-order valence-corrected chi connectivity index (χ3v) is 10.0. The fourth-order valence-electron chi connectivity index (χ4n) is 6.18. The molecule has 0 amide bonds. The van der Waals surface area contributed by atoms with Gasteiger partial charge in [-0.15, -0.1) is 65.9 Å². The summed E-state index contributed by atoms with van der Waals surface area (Å²) in [4.78, 5) is 13.5. The van der Waals surface area contributed by atoms with Gasteiger partial charge in [0.05, 0.1) is 17.5 Å². The van der Waals surface area contributed by atoms with Gasteiger partial charge in [-0.1, -0.05) is 80.2 Å². The van der Waals surface area contributed by atoms with Crippen LogP contribution in [0.3, 0.4) is 0 Å². The fourth-order valence-corrected chi connectivity index (χ4v) is 7.34. The van der Waals surface area contributed by atoms with E-state index < -0.39 is 20.6 Å². The van der Waals surface area contributed by atoms with Crippen LogP contribution >= 0.6 is 11.8 Å². The monoisotopic (exact) mass is 902 g/mol. The first kappa shape index (κ1) is 27.3. The number of fused-ring (bicyclic) bond motifs is 3. The Labute approximate surface area is 346 Å². The predicted molar refractivity (Wildman–Crippen MR) is 220 cm³/mol. The summed E-state index contributed by atoms with van der Waals surface area (Å²) in [6, 6.07) is 31.4. The third kappa shape index (κ3) is 8.73. The van der Waals surface area contributed by atoms with Crippen molar-refractivity contribution in [2.75, 3.05) is 5.75 Å². The molecule has 1 radical (unpaired) electrons. The normalized spacial score (nSPS) is 17.2. The van der Waals surface area contributed by atoms with E-state index in [-0.39, 0.29) is 64.9 Å². The molecule has 0 atom stereocenters. The van der Waals surface area contributed by atoms with Crippen molar-refractivity contribution >= 4 is 38.7 Å². The van der Waals surface area contributed by atoms with Gasteiger partial charge in [0.25, 0.3) is 0 Å². The minimum atomic E-state index is -2.61. The second-order valence-corrected chi connectivity index (χ2v) is 15.7. The van der Waals surface area contributed by atoms with Crippen molar-refractivity contribution in [3.63, 3.8) is 0 Å². The van der Waals surface area contributed by atoms with Crippen LogP contribution in [-0.4, -0.2) is 26.3 Å². The number of aliphatic imine (C=N–C) groups is 1. The molecule has 6 heteroatoms. The Morgan fingerprint density at radius 2 is 1.70 bits per heavy atom. The first-order valence-electron chi connectivity index (χ1n) is 22.1. The first-order valence-corrected chi connectivity index (χ1v) is 18.1. The molecule has 7 aromatic rings. The molecule has 4 aromatic carbocycles. The topological polar surface area (TPSA) is 51.3 Å². The number of hydrogen-bond donors (Lipinski definition) is 0. The second-order valence-electron chi connectivity index (χ2n) is 14.8. The number of furan rings is 1. The zero-order valence-corrected chi connectivity index (χ0v) is 33.4. The number of aromatic nitrogens is 2. The SMILES string of the molecule is [2H]C([2H])([2H])c1ccc(-c2[c-]cccc2)nc1.[2H]c1cc(CC(C)(C)C)cc(C([2H])([2H])[2H])c1-c1cc(-c2[c-]ccc3c2oc2cc(C4=NC(C)(C)CS4)ccc23)ncc1C([2H])([2H])[2H].[Ir]. The molecule has 0 saturated heterocycles. The van der Waals surface area contributed by atoms with E-state index in [1.165, 1.54) is 12.4 Å². The van der Waals surface area contributed by atoms with Gasteiger partial charge in [0.2, 0.25) is 0 Å². The summed E-state index contributed by atoms with van der Waals surface area (Å²) < 4.78 is 87.0. The van der Waals surface area contributed by atoms with Crippen LogP contribution in [0.1, 0.15) is 76.1 Å². The maximum atomic E-state index is 8.98. The van der Waals surface area contributed by atoms with Gasteiger partial charge in [-0.25, -0.2) is 0 Å². The fraction of sp³-hybridized carbons (Fsp3) is 0.255. The first-order chi connectivity index (χ1) is 28.9. The third-order valence-electron chi connectivity index (χ3n) is 8.56. The van der Waals surface area contributed by atoms with E-state index >= 15 is 0 Å². The molecule has 0 spiro atoms. The number of hydrogen-bond acceptors (Lipinski definition) is 5. The molecule has 53 heavy (non-hydrogen) atoms. The molecule has 1 aliphatic rings. The van der Waals surface area contributed by atoms with E-state index in [1.54, 1.807) is 54.2 Å². The Balaban J connectivity index is 0.000000327. The van der Waals surface area contributed by atoms with Crippen molar-refractivity contribution in [2.45, 2.75) is 67.1 Å². The predicted octanol–water partition coefficient (Wildman–Crippen LogP) is 12.4. The van der Waals surface area contributed by atoms with Crippen molar-refractivity contribution in [3.8, 4) is 33.6 Å². The Morgan fingerprint density at radius 3 is 2.40 bits per heavy atom. The van der Waals surface area contributed by atoms with Crippen LogP contribution in [0.4, 0.5) is 0 Å². The van der Waals surface area contributed by atoms with E-state index in [4.69, 9.17) is 23.1 Å². The summed E-state index contributed by atoms with van der Waals surface area (Å²) in [6.45, 7) is 3.06. The van der Waals surface area contributed by atoms with E-state index in [2.05, 4.69) is 35.9 Å². The van der Waals surface area contributed by atoms with Crippen LogP contribution in [0.2, 0.25) is 0 Å². The Hall–Kier alpha value is -4.35. The minimum Gasteiger partial charge on any atom is -0.501 e. The van der Waals surface area contributed by atoms with Gasteiger partial charge in [0.1, 0.15) is 5.58 Å². The second kappa shape index (κ2) is 15.6. The van der Waals surface area contributed by atoms with Crippen LogP contribution in [-0.2, 0) is 26.5 Å². The molecule has 1 aliphatic heterocycles. The van der Waals surface area contributed by atoms with Gasteiger partial charge in [-0.2, -0.15) is 0 Å². The Bertz CT molecular complexity index is 2810. The molecule has 0 fully saturated rings. The van der Waals surface area contributed by atoms with Gasteiger partial charge < -0.3 is 14.4 Å². The van der Waals surface area contributed by atoms with E-state index in [0.717, 1.165) is 38.4 Å². The quantitative estimate of drug-likeness (QED) is 0.162. The molecule has 271 valence electrons. The minimum absolute atomic E-state index is 0. The van der Waals surface area contributed by atoms with Crippen LogP contribution in [0.25, 0.3) is 55.6 Å². The molecule has 0 saturated carbocycles. The number of nitrogens with zero attached hydrogens (tertiary/aromatic N) is 3. The van der Waals surface area contributed by atoms with E-state index in [0.29, 0.717) is 34.4 Å². The summed E-state index contributed by atoms with van der Waals surface area (Å²) in [7, 11) is 0. The number of aryl methyl sites for hydroxylation is 3. The van der Waals surface area contributed by atoms with Crippen molar-refractivity contribution in [3.05, 3.63) is 143 Å². The maximum Gasteiger partial charge on any atom is 0.121 e. The van der Waals surface area contributed by atoms with Crippen molar-refractivity contribution < 1.29 is 38.2 Å². The molecule has 4 heterocycles. The van der Waals surface area contributed by atoms with Crippen LogP contribution in [0.15, 0.2) is 113 Å².